The zero-order chi connectivity index (χ0) is 8.43. The lowest BCUT2D eigenvalue weighted by Crippen LogP contribution is -1.86. The predicted molar refractivity (Wildman–Crippen MR) is 50.4 cm³/mol. The van der Waals surface area contributed by atoms with E-state index in [0.29, 0.717) is 0 Å². The molecule has 1 nitrogen and oxygen atoms in total. The molecule has 60 valence electrons. The van der Waals surface area contributed by atoms with E-state index in [2.05, 4.69) is 15.9 Å². The van der Waals surface area contributed by atoms with Crippen LogP contribution in [-0.2, 0) is 0 Å². The third-order valence-electron chi connectivity index (χ3n) is 1.50. The van der Waals surface area contributed by atoms with Crippen molar-refractivity contribution in [1.29, 1.82) is 0 Å². The standard InChI is InChI=1S/C8H8BrClO/c1-5-6(10)3-4-7(11-2)8(5)9/h3-4H,1-2H3. The van der Waals surface area contributed by atoms with Crippen molar-refractivity contribution in [1.82, 2.24) is 0 Å². The number of ether oxygens (including phenoxy) is 1. The van der Waals surface area contributed by atoms with Crippen LogP contribution in [0.3, 0.4) is 0 Å². The third-order valence-corrected chi connectivity index (χ3v) is 2.90. The minimum atomic E-state index is 0.748. The molecule has 0 saturated carbocycles. The van der Waals surface area contributed by atoms with Gasteiger partial charge in [0.1, 0.15) is 5.75 Å². The van der Waals surface area contributed by atoms with Crippen molar-refractivity contribution >= 4 is 27.5 Å². The van der Waals surface area contributed by atoms with E-state index < -0.39 is 0 Å². The fourth-order valence-corrected chi connectivity index (χ4v) is 1.57. The maximum Gasteiger partial charge on any atom is 0.133 e. The molecule has 0 spiro atoms. The predicted octanol–water partition coefficient (Wildman–Crippen LogP) is 3.42. The second kappa shape index (κ2) is 3.46. The molecule has 0 unspecified atom stereocenters. The molecular weight excluding hydrogens is 227 g/mol. The average Bonchev–Trinajstić information content (AvgIpc) is 2.01. The van der Waals surface area contributed by atoms with Gasteiger partial charge < -0.3 is 4.74 Å². The Labute approximate surface area is 79.4 Å². The van der Waals surface area contributed by atoms with Crippen LogP contribution in [0.1, 0.15) is 5.56 Å². The lowest BCUT2D eigenvalue weighted by molar-refractivity contribution is 0.412. The molecule has 0 aliphatic carbocycles. The van der Waals surface area contributed by atoms with Crippen LogP contribution in [0, 0.1) is 6.92 Å². The first-order chi connectivity index (χ1) is 5.16. The van der Waals surface area contributed by atoms with E-state index in [1.807, 2.05) is 19.1 Å². The quantitative estimate of drug-likeness (QED) is 0.725. The Morgan fingerprint density at radius 1 is 1.45 bits per heavy atom. The number of hydrogen-bond donors (Lipinski definition) is 0. The first-order valence-corrected chi connectivity index (χ1v) is 4.32. The smallest absolute Gasteiger partial charge is 0.133 e. The summed E-state index contributed by atoms with van der Waals surface area (Å²) >= 11 is 9.24. The summed E-state index contributed by atoms with van der Waals surface area (Å²) in [7, 11) is 1.63. The van der Waals surface area contributed by atoms with Gasteiger partial charge in [0.2, 0.25) is 0 Å². The summed E-state index contributed by atoms with van der Waals surface area (Å²) in [5, 5.41) is 0.748. The normalized spacial score (nSPS) is 9.82. The molecule has 0 atom stereocenters. The minimum Gasteiger partial charge on any atom is -0.496 e. The zero-order valence-corrected chi connectivity index (χ0v) is 8.66. The Hall–Kier alpha value is -0.210. The zero-order valence-electron chi connectivity index (χ0n) is 6.32. The molecule has 0 saturated heterocycles. The van der Waals surface area contributed by atoms with Gasteiger partial charge in [-0.25, -0.2) is 0 Å². The maximum absolute atomic E-state index is 5.86. The van der Waals surface area contributed by atoms with Gasteiger partial charge in [-0.15, -0.1) is 0 Å². The van der Waals surface area contributed by atoms with Crippen molar-refractivity contribution in [3.63, 3.8) is 0 Å². The van der Waals surface area contributed by atoms with Crippen molar-refractivity contribution < 1.29 is 4.74 Å². The molecule has 0 aliphatic heterocycles. The van der Waals surface area contributed by atoms with E-state index in [0.717, 1.165) is 20.8 Å². The lowest BCUT2D eigenvalue weighted by Gasteiger charge is -2.06. The highest BCUT2D eigenvalue weighted by atomic mass is 79.9. The van der Waals surface area contributed by atoms with Crippen molar-refractivity contribution in [2.24, 2.45) is 0 Å². The first-order valence-electron chi connectivity index (χ1n) is 3.15. The number of benzene rings is 1. The Kier molecular flexibility index (Phi) is 2.79. The monoisotopic (exact) mass is 234 g/mol. The van der Waals surface area contributed by atoms with Gasteiger partial charge in [-0.2, -0.15) is 0 Å². The summed E-state index contributed by atoms with van der Waals surface area (Å²) < 4.78 is 6.00. The molecule has 1 rings (SSSR count). The molecule has 0 N–H and O–H groups in total. The van der Waals surface area contributed by atoms with Crippen LogP contribution in [0.2, 0.25) is 5.02 Å². The second-order valence-electron chi connectivity index (χ2n) is 2.19. The molecule has 0 bridgehead atoms. The Morgan fingerprint density at radius 2 is 2.09 bits per heavy atom. The Morgan fingerprint density at radius 3 is 2.64 bits per heavy atom. The summed E-state index contributed by atoms with van der Waals surface area (Å²) in [6.45, 7) is 1.94. The minimum absolute atomic E-state index is 0.748. The number of halogens is 2. The van der Waals surface area contributed by atoms with Crippen LogP contribution in [0.25, 0.3) is 0 Å². The first kappa shape index (κ1) is 8.88. The highest BCUT2D eigenvalue weighted by Crippen LogP contribution is 2.32. The highest BCUT2D eigenvalue weighted by Gasteiger charge is 2.05. The van der Waals surface area contributed by atoms with Crippen LogP contribution in [0.5, 0.6) is 5.75 Å². The number of rotatable bonds is 1. The molecule has 0 amide bonds. The summed E-state index contributed by atoms with van der Waals surface area (Å²) in [5.74, 6) is 0.812. The largest absolute Gasteiger partial charge is 0.496 e. The third kappa shape index (κ3) is 1.68. The molecule has 0 heterocycles. The van der Waals surface area contributed by atoms with Crippen LogP contribution in [0.15, 0.2) is 16.6 Å². The van der Waals surface area contributed by atoms with Crippen LogP contribution in [-0.4, -0.2) is 7.11 Å². The SMILES string of the molecule is COc1ccc(Cl)c(C)c1Br. The lowest BCUT2D eigenvalue weighted by atomic mass is 10.2. The van der Waals surface area contributed by atoms with Gasteiger partial charge >= 0.3 is 0 Å². The van der Waals surface area contributed by atoms with E-state index in [-0.39, 0.29) is 0 Å². The summed E-state index contributed by atoms with van der Waals surface area (Å²) in [5.41, 5.74) is 1.01. The van der Waals surface area contributed by atoms with Crippen molar-refractivity contribution in [3.05, 3.63) is 27.2 Å². The molecule has 0 aromatic heterocycles. The fourth-order valence-electron chi connectivity index (χ4n) is 0.794. The van der Waals surface area contributed by atoms with Gasteiger partial charge in [-0.05, 0) is 40.5 Å². The summed E-state index contributed by atoms with van der Waals surface area (Å²) in [6, 6.07) is 3.65. The molecule has 1 aromatic rings. The molecule has 0 radical (unpaired) electrons. The highest BCUT2D eigenvalue weighted by molar-refractivity contribution is 9.10. The maximum atomic E-state index is 5.86. The van der Waals surface area contributed by atoms with E-state index >= 15 is 0 Å². The molecular formula is C8H8BrClO. The van der Waals surface area contributed by atoms with Crippen LogP contribution < -0.4 is 4.74 Å². The van der Waals surface area contributed by atoms with Crippen molar-refractivity contribution in [3.8, 4) is 5.75 Å². The van der Waals surface area contributed by atoms with E-state index in [4.69, 9.17) is 16.3 Å². The number of hydrogen-bond acceptors (Lipinski definition) is 1. The van der Waals surface area contributed by atoms with Crippen molar-refractivity contribution in [2.75, 3.05) is 7.11 Å². The topological polar surface area (TPSA) is 9.23 Å². The summed E-state index contributed by atoms with van der Waals surface area (Å²) in [4.78, 5) is 0. The molecule has 0 fully saturated rings. The van der Waals surface area contributed by atoms with Gasteiger partial charge in [0.05, 0.1) is 11.6 Å². The molecule has 1 aromatic carbocycles. The van der Waals surface area contributed by atoms with E-state index in [1.54, 1.807) is 7.11 Å². The Balaban J connectivity index is 3.25. The van der Waals surface area contributed by atoms with E-state index in [1.165, 1.54) is 0 Å². The molecule has 3 heteroatoms. The van der Waals surface area contributed by atoms with Gasteiger partial charge in [0, 0.05) is 5.02 Å². The van der Waals surface area contributed by atoms with Crippen molar-refractivity contribution in [2.45, 2.75) is 6.92 Å². The van der Waals surface area contributed by atoms with E-state index in [9.17, 15) is 0 Å². The van der Waals surface area contributed by atoms with Crippen LogP contribution in [0.4, 0.5) is 0 Å². The van der Waals surface area contributed by atoms with Gasteiger partial charge in [-0.3, -0.25) is 0 Å². The average molecular weight is 236 g/mol. The molecule has 0 aliphatic rings. The van der Waals surface area contributed by atoms with Gasteiger partial charge in [0.25, 0.3) is 0 Å². The summed E-state index contributed by atoms with van der Waals surface area (Å²) in [6.07, 6.45) is 0. The van der Waals surface area contributed by atoms with Gasteiger partial charge in [0.15, 0.2) is 0 Å². The van der Waals surface area contributed by atoms with Gasteiger partial charge in [-0.1, -0.05) is 11.6 Å². The Bertz CT molecular complexity index is 273. The fraction of sp³-hybridized carbons (Fsp3) is 0.250. The second-order valence-corrected chi connectivity index (χ2v) is 3.39. The molecule has 11 heavy (non-hydrogen) atoms. The number of methoxy groups -OCH3 is 1. The van der Waals surface area contributed by atoms with Crippen LogP contribution >= 0.6 is 27.5 Å².